The van der Waals surface area contributed by atoms with Crippen molar-refractivity contribution in [2.75, 3.05) is 6.61 Å². The molecule has 2 heterocycles. The summed E-state index contributed by atoms with van der Waals surface area (Å²) in [5.74, 6) is -1.32. The van der Waals surface area contributed by atoms with E-state index in [1.54, 1.807) is 13.8 Å². The van der Waals surface area contributed by atoms with Crippen LogP contribution in [0.15, 0.2) is 10.9 Å². The third-order valence-corrected chi connectivity index (χ3v) is 3.01. The molecule has 2 rings (SSSR count). The van der Waals surface area contributed by atoms with Crippen LogP contribution in [0.4, 0.5) is 13.2 Å². The van der Waals surface area contributed by atoms with Gasteiger partial charge in [0.1, 0.15) is 5.56 Å². The number of alkyl halides is 3. The van der Waals surface area contributed by atoms with E-state index >= 15 is 0 Å². The third kappa shape index (κ3) is 2.70. The largest absolute Gasteiger partial charge is 0.462 e. The number of fused-ring (bicyclic) bond motifs is 1. The van der Waals surface area contributed by atoms with Gasteiger partial charge in [0.2, 0.25) is 0 Å². The number of rotatable bonds is 3. The van der Waals surface area contributed by atoms with Crippen LogP contribution in [0, 0.1) is 0 Å². The minimum absolute atomic E-state index is 0.0957. The summed E-state index contributed by atoms with van der Waals surface area (Å²) < 4.78 is 44.4. The van der Waals surface area contributed by atoms with E-state index in [4.69, 9.17) is 0 Å². The van der Waals surface area contributed by atoms with E-state index < -0.39 is 29.0 Å². The molecule has 0 aliphatic carbocycles. The highest BCUT2D eigenvalue weighted by molar-refractivity contribution is 5.97. The SMILES string of the molecule is CCOC(=O)c1c(C(F)(F)F)nn2c(=O)cc(C(C)C)[nH]c12. The van der Waals surface area contributed by atoms with Crippen molar-refractivity contribution in [3.63, 3.8) is 0 Å². The Hall–Kier alpha value is -2.32. The van der Waals surface area contributed by atoms with Crippen molar-refractivity contribution >= 4 is 11.6 Å². The van der Waals surface area contributed by atoms with E-state index in [-0.39, 0.29) is 18.2 Å². The lowest BCUT2D eigenvalue weighted by atomic mass is 10.1. The average Bonchev–Trinajstić information content (AvgIpc) is 2.78. The molecule has 0 saturated heterocycles. The van der Waals surface area contributed by atoms with Crippen molar-refractivity contribution in [2.45, 2.75) is 32.9 Å². The second-order valence-corrected chi connectivity index (χ2v) is 4.92. The molecule has 0 spiro atoms. The van der Waals surface area contributed by atoms with Crippen molar-refractivity contribution in [3.8, 4) is 0 Å². The van der Waals surface area contributed by atoms with Crippen LogP contribution in [0.25, 0.3) is 5.65 Å². The first-order valence-electron chi connectivity index (χ1n) is 6.57. The molecule has 0 aliphatic heterocycles. The van der Waals surface area contributed by atoms with Crippen molar-refractivity contribution in [1.29, 1.82) is 0 Å². The molecule has 0 atom stereocenters. The quantitative estimate of drug-likeness (QED) is 0.882. The van der Waals surface area contributed by atoms with Gasteiger partial charge in [-0.1, -0.05) is 13.8 Å². The Labute approximate surface area is 122 Å². The average molecular weight is 317 g/mol. The smallest absolute Gasteiger partial charge is 0.436 e. The highest BCUT2D eigenvalue weighted by Crippen LogP contribution is 2.32. The number of aromatic nitrogens is 3. The number of esters is 1. The fourth-order valence-corrected chi connectivity index (χ4v) is 1.97. The number of ether oxygens (including phenoxy) is 1. The van der Waals surface area contributed by atoms with Gasteiger partial charge in [0.25, 0.3) is 5.56 Å². The highest BCUT2D eigenvalue weighted by atomic mass is 19.4. The fraction of sp³-hybridized carbons (Fsp3) is 0.462. The van der Waals surface area contributed by atoms with Crippen molar-refractivity contribution in [2.24, 2.45) is 0 Å². The van der Waals surface area contributed by atoms with Gasteiger partial charge in [-0.15, -0.1) is 0 Å². The van der Waals surface area contributed by atoms with Crippen LogP contribution in [-0.2, 0) is 10.9 Å². The maximum Gasteiger partial charge on any atom is 0.436 e. The minimum atomic E-state index is -4.88. The Morgan fingerprint density at radius 3 is 2.59 bits per heavy atom. The normalized spacial score (nSPS) is 12.1. The molecule has 22 heavy (non-hydrogen) atoms. The van der Waals surface area contributed by atoms with E-state index in [0.717, 1.165) is 6.07 Å². The summed E-state index contributed by atoms with van der Waals surface area (Å²) in [5, 5.41) is 3.23. The summed E-state index contributed by atoms with van der Waals surface area (Å²) >= 11 is 0. The van der Waals surface area contributed by atoms with Gasteiger partial charge in [-0.2, -0.15) is 22.8 Å². The zero-order chi connectivity index (χ0) is 16.7. The van der Waals surface area contributed by atoms with Crippen LogP contribution in [0.1, 0.15) is 48.4 Å². The summed E-state index contributed by atoms with van der Waals surface area (Å²) in [6.45, 7) is 4.89. The maximum absolute atomic E-state index is 13.1. The maximum atomic E-state index is 13.1. The third-order valence-electron chi connectivity index (χ3n) is 3.01. The first kappa shape index (κ1) is 16.1. The van der Waals surface area contributed by atoms with Crippen LogP contribution < -0.4 is 5.56 Å². The topological polar surface area (TPSA) is 76.5 Å². The van der Waals surface area contributed by atoms with Crippen LogP contribution >= 0.6 is 0 Å². The molecule has 0 unspecified atom stereocenters. The molecule has 1 N–H and O–H groups in total. The molecule has 0 radical (unpaired) electrons. The standard InChI is InChI=1S/C13H14F3N3O3/c1-4-22-12(21)9-10(13(14,15)16)18-19-8(20)5-7(6(2)3)17-11(9)19/h5-6,17H,4H2,1-3H3. The van der Waals surface area contributed by atoms with Crippen LogP contribution in [0.3, 0.4) is 0 Å². The predicted molar refractivity (Wildman–Crippen MR) is 70.9 cm³/mol. The zero-order valence-corrected chi connectivity index (χ0v) is 12.1. The Balaban J connectivity index is 2.86. The summed E-state index contributed by atoms with van der Waals surface area (Å²) in [6, 6.07) is 1.15. The summed E-state index contributed by atoms with van der Waals surface area (Å²) in [7, 11) is 0. The van der Waals surface area contributed by atoms with Gasteiger partial charge < -0.3 is 9.72 Å². The first-order valence-corrected chi connectivity index (χ1v) is 6.57. The number of hydrogen-bond donors (Lipinski definition) is 1. The molecule has 0 aromatic carbocycles. The second kappa shape index (κ2) is 5.47. The Morgan fingerprint density at radius 1 is 1.45 bits per heavy atom. The molecule has 0 aliphatic rings. The molecule has 0 amide bonds. The van der Waals surface area contributed by atoms with E-state index in [9.17, 15) is 22.8 Å². The fourth-order valence-electron chi connectivity index (χ4n) is 1.97. The van der Waals surface area contributed by atoms with Crippen LogP contribution in [0.2, 0.25) is 0 Å². The molecule has 6 nitrogen and oxygen atoms in total. The van der Waals surface area contributed by atoms with Crippen molar-refractivity contribution in [1.82, 2.24) is 14.6 Å². The van der Waals surface area contributed by atoms with Crippen molar-refractivity contribution < 1.29 is 22.7 Å². The lowest BCUT2D eigenvalue weighted by Crippen LogP contribution is -2.17. The number of nitrogens with zero attached hydrogens (tertiary/aromatic N) is 2. The number of aromatic amines is 1. The molecule has 2 aromatic rings. The van der Waals surface area contributed by atoms with E-state index in [2.05, 4.69) is 14.8 Å². The van der Waals surface area contributed by atoms with Crippen LogP contribution in [0.5, 0.6) is 0 Å². The van der Waals surface area contributed by atoms with Gasteiger partial charge in [-0.25, -0.2) is 4.79 Å². The molecule has 120 valence electrons. The minimum Gasteiger partial charge on any atom is -0.462 e. The molecule has 2 aromatic heterocycles. The monoisotopic (exact) mass is 317 g/mol. The Morgan fingerprint density at radius 2 is 2.09 bits per heavy atom. The number of hydrogen-bond acceptors (Lipinski definition) is 4. The molecule has 0 bridgehead atoms. The Bertz CT molecular complexity index is 774. The number of nitrogens with one attached hydrogen (secondary N) is 1. The summed E-state index contributed by atoms with van der Waals surface area (Å²) in [5.41, 5.74) is -2.90. The lowest BCUT2D eigenvalue weighted by Gasteiger charge is -2.07. The number of carbonyl (C=O) groups excluding carboxylic acids is 1. The Kier molecular flexibility index (Phi) is 3.99. The van der Waals surface area contributed by atoms with Crippen molar-refractivity contribution in [3.05, 3.63) is 33.4 Å². The molecule has 0 saturated carbocycles. The van der Waals surface area contributed by atoms with Gasteiger partial charge in [0.15, 0.2) is 11.3 Å². The van der Waals surface area contributed by atoms with Gasteiger partial charge in [-0.3, -0.25) is 4.79 Å². The molecule has 0 fully saturated rings. The summed E-state index contributed by atoms with van der Waals surface area (Å²) in [6.07, 6.45) is -4.88. The molecular weight excluding hydrogens is 303 g/mol. The van der Waals surface area contributed by atoms with E-state index in [1.807, 2.05) is 0 Å². The van der Waals surface area contributed by atoms with E-state index in [0.29, 0.717) is 10.2 Å². The van der Waals surface area contributed by atoms with E-state index in [1.165, 1.54) is 6.92 Å². The molecule has 9 heteroatoms. The first-order chi connectivity index (χ1) is 10.2. The van der Waals surface area contributed by atoms with Gasteiger partial charge in [0, 0.05) is 11.8 Å². The summed E-state index contributed by atoms with van der Waals surface area (Å²) in [4.78, 5) is 26.5. The highest BCUT2D eigenvalue weighted by Gasteiger charge is 2.41. The molecular formula is C13H14F3N3O3. The van der Waals surface area contributed by atoms with Crippen LogP contribution in [-0.4, -0.2) is 27.2 Å². The lowest BCUT2D eigenvalue weighted by molar-refractivity contribution is -0.141. The number of halogens is 3. The van der Waals surface area contributed by atoms with Gasteiger partial charge in [-0.05, 0) is 12.8 Å². The number of H-pyrrole nitrogens is 1. The number of carbonyl (C=O) groups is 1. The van der Waals surface area contributed by atoms with Gasteiger partial charge in [0.05, 0.1) is 6.61 Å². The second-order valence-electron chi connectivity index (χ2n) is 4.92. The zero-order valence-electron chi connectivity index (χ0n) is 12.1. The predicted octanol–water partition coefficient (Wildman–Crippen LogP) is 2.34. The van der Waals surface area contributed by atoms with Gasteiger partial charge >= 0.3 is 12.1 Å².